The van der Waals surface area contributed by atoms with E-state index < -0.39 is 23.2 Å². The fraction of sp³-hybridized carbons (Fsp3) is 0.364. The van der Waals surface area contributed by atoms with E-state index in [0.29, 0.717) is 4.47 Å². The van der Waals surface area contributed by atoms with Crippen LogP contribution in [0.1, 0.15) is 19.4 Å². The Morgan fingerprint density at radius 1 is 1.33 bits per heavy atom. The van der Waals surface area contributed by atoms with Crippen LogP contribution in [0.25, 0.3) is 0 Å². The number of anilines is 1. The molecule has 0 heterocycles. The van der Waals surface area contributed by atoms with Crippen molar-refractivity contribution in [2.24, 2.45) is 5.73 Å². The van der Waals surface area contributed by atoms with Gasteiger partial charge in [0.1, 0.15) is 5.54 Å². The lowest BCUT2D eigenvalue weighted by molar-refractivity contribution is -0.137. The van der Waals surface area contributed by atoms with Crippen molar-refractivity contribution in [2.45, 2.75) is 25.6 Å². The number of nitrogens with one attached hydrogen (secondary N) is 1. The summed E-state index contributed by atoms with van der Waals surface area (Å²) in [6.45, 7) is 2.83. The lowest BCUT2D eigenvalue weighted by Crippen LogP contribution is -2.45. The van der Waals surface area contributed by atoms with Crippen molar-refractivity contribution in [2.75, 3.05) is 5.32 Å². The van der Waals surface area contributed by atoms with Gasteiger partial charge in [-0.3, -0.25) is 4.79 Å². The molecule has 0 radical (unpaired) electrons. The van der Waals surface area contributed by atoms with Gasteiger partial charge in [0, 0.05) is 10.2 Å². The Labute approximate surface area is 111 Å². The molecule has 0 aliphatic heterocycles. The predicted molar refractivity (Wildman–Crippen MR) is 66.0 cm³/mol. The maximum Gasteiger partial charge on any atom is 0.418 e. The number of benzene rings is 1. The summed E-state index contributed by atoms with van der Waals surface area (Å²) in [6.07, 6.45) is -4.51. The Bertz CT molecular complexity index is 472. The Morgan fingerprint density at radius 2 is 1.89 bits per heavy atom. The number of rotatable bonds is 3. The minimum atomic E-state index is -4.51. The number of amides is 1. The van der Waals surface area contributed by atoms with Gasteiger partial charge in [-0.1, -0.05) is 15.9 Å². The second kappa shape index (κ2) is 4.79. The molecule has 1 rings (SSSR count). The molecule has 3 N–H and O–H groups in total. The van der Waals surface area contributed by atoms with E-state index >= 15 is 0 Å². The van der Waals surface area contributed by atoms with Gasteiger partial charge in [-0.25, -0.2) is 0 Å². The first-order chi connectivity index (χ1) is 8.04. The summed E-state index contributed by atoms with van der Waals surface area (Å²) in [7, 11) is 0. The predicted octanol–water partition coefficient (Wildman–Crippen LogP) is 3.14. The van der Waals surface area contributed by atoms with Crippen LogP contribution in [0.4, 0.5) is 18.9 Å². The summed E-state index contributed by atoms with van der Waals surface area (Å²) in [4.78, 5) is 11.1. The third-order valence-electron chi connectivity index (χ3n) is 2.35. The normalized spacial score (nSPS) is 12.3. The van der Waals surface area contributed by atoms with Crippen LogP contribution >= 0.6 is 15.9 Å². The molecule has 1 aromatic carbocycles. The molecule has 7 heteroatoms. The zero-order valence-electron chi connectivity index (χ0n) is 9.73. The Hall–Kier alpha value is -1.24. The first-order valence-electron chi connectivity index (χ1n) is 4.99. The van der Waals surface area contributed by atoms with Gasteiger partial charge in [0.2, 0.25) is 5.91 Å². The molecule has 0 spiro atoms. The van der Waals surface area contributed by atoms with Crippen LogP contribution in [0.5, 0.6) is 0 Å². The monoisotopic (exact) mass is 324 g/mol. The standard InChI is InChI=1S/C11H12BrF3N2O/c1-10(2,9(16)18)17-8-4-3-6(12)5-7(8)11(13,14)15/h3-5,17H,1-2H3,(H2,16,18). The van der Waals surface area contributed by atoms with E-state index in [1.165, 1.54) is 26.0 Å². The average molecular weight is 325 g/mol. The van der Waals surface area contributed by atoms with Crippen LogP contribution in [0.15, 0.2) is 22.7 Å². The molecular weight excluding hydrogens is 313 g/mol. The second-order valence-electron chi connectivity index (χ2n) is 4.30. The van der Waals surface area contributed by atoms with Gasteiger partial charge >= 0.3 is 6.18 Å². The van der Waals surface area contributed by atoms with E-state index in [4.69, 9.17) is 5.73 Å². The molecule has 18 heavy (non-hydrogen) atoms. The lowest BCUT2D eigenvalue weighted by atomic mass is 10.0. The number of carbonyl (C=O) groups excluding carboxylic acids is 1. The van der Waals surface area contributed by atoms with Crippen LogP contribution < -0.4 is 11.1 Å². The van der Waals surface area contributed by atoms with Crippen molar-refractivity contribution in [3.05, 3.63) is 28.2 Å². The molecule has 1 aromatic rings. The first kappa shape index (κ1) is 14.8. The van der Waals surface area contributed by atoms with Crippen molar-refractivity contribution in [3.8, 4) is 0 Å². The minimum absolute atomic E-state index is 0.186. The number of nitrogens with two attached hydrogens (primary N) is 1. The van der Waals surface area contributed by atoms with Gasteiger partial charge < -0.3 is 11.1 Å². The molecule has 3 nitrogen and oxygen atoms in total. The third-order valence-corrected chi connectivity index (χ3v) is 2.84. The van der Waals surface area contributed by atoms with Gasteiger partial charge in [-0.05, 0) is 32.0 Å². The quantitative estimate of drug-likeness (QED) is 0.897. The van der Waals surface area contributed by atoms with Crippen LogP contribution in [0, 0.1) is 0 Å². The molecular formula is C11H12BrF3N2O. The van der Waals surface area contributed by atoms with Crippen molar-refractivity contribution in [1.29, 1.82) is 0 Å². The molecule has 0 aliphatic rings. The summed E-state index contributed by atoms with van der Waals surface area (Å²) >= 11 is 2.98. The van der Waals surface area contributed by atoms with E-state index in [9.17, 15) is 18.0 Å². The highest BCUT2D eigenvalue weighted by atomic mass is 79.9. The molecule has 0 saturated carbocycles. The highest BCUT2D eigenvalue weighted by molar-refractivity contribution is 9.10. The molecule has 0 bridgehead atoms. The first-order valence-corrected chi connectivity index (χ1v) is 5.78. The molecule has 1 amide bonds. The Balaban J connectivity index is 3.22. The molecule has 0 aliphatic carbocycles. The van der Waals surface area contributed by atoms with Crippen LogP contribution in [-0.4, -0.2) is 11.4 Å². The van der Waals surface area contributed by atoms with Gasteiger partial charge in [-0.2, -0.15) is 13.2 Å². The zero-order valence-corrected chi connectivity index (χ0v) is 11.3. The van der Waals surface area contributed by atoms with Crippen LogP contribution in [0.2, 0.25) is 0 Å². The summed E-state index contributed by atoms with van der Waals surface area (Å²) in [6, 6.07) is 3.64. The zero-order chi connectivity index (χ0) is 14.1. The van der Waals surface area contributed by atoms with E-state index in [-0.39, 0.29) is 5.69 Å². The maximum absolute atomic E-state index is 12.8. The van der Waals surface area contributed by atoms with Crippen molar-refractivity contribution < 1.29 is 18.0 Å². The van der Waals surface area contributed by atoms with E-state index in [0.717, 1.165) is 6.07 Å². The maximum atomic E-state index is 12.8. The number of primary amides is 1. The highest BCUT2D eigenvalue weighted by Gasteiger charge is 2.36. The van der Waals surface area contributed by atoms with Gasteiger partial charge in [-0.15, -0.1) is 0 Å². The molecule has 0 saturated heterocycles. The van der Waals surface area contributed by atoms with Crippen molar-refractivity contribution in [1.82, 2.24) is 0 Å². The van der Waals surface area contributed by atoms with Crippen LogP contribution in [0.3, 0.4) is 0 Å². The molecule has 0 atom stereocenters. The summed E-state index contributed by atoms with van der Waals surface area (Å²) in [5.41, 5.74) is 2.80. The number of hydrogen-bond acceptors (Lipinski definition) is 2. The van der Waals surface area contributed by atoms with E-state index in [1.807, 2.05) is 0 Å². The summed E-state index contributed by atoms with van der Waals surface area (Å²) in [5.74, 6) is -0.737. The highest BCUT2D eigenvalue weighted by Crippen LogP contribution is 2.37. The fourth-order valence-electron chi connectivity index (χ4n) is 1.26. The second-order valence-corrected chi connectivity index (χ2v) is 5.22. The van der Waals surface area contributed by atoms with Gasteiger partial charge in [0.05, 0.1) is 5.56 Å². The lowest BCUT2D eigenvalue weighted by Gasteiger charge is -2.26. The van der Waals surface area contributed by atoms with Crippen molar-refractivity contribution >= 4 is 27.5 Å². The van der Waals surface area contributed by atoms with E-state index in [1.54, 1.807) is 0 Å². The smallest absolute Gasteiger partial charge is 0.371 e. The number of alkyl halides is 3. The van der Waals surface area contributed by atoms with Gasteiger partial charge in [0.15, 0.2) is 0 Å². The topological polar surface area (TPSA) is 55.1 Å². The SMILES string of the molecule is CC(C)(Nc1ccc(Br)cc1C(F)(F)F)C(N)=O. The molecule has 0 unspecified atom stereocenters. The molecule has 0 aromatic heterocycles. The Morgan fingerprint density at radius 3 is 2.33 bits per heavy atom. The number of hydrogen-bond donors (Lipinski definition) is 2. The third kappa shape index (κ3) is 3.38. The molecule has 0 fully saturated rings. The number of halogens is 4. The summed E-state index contributed by atoms with van der Waals surface area (Å²) < 4.78 is 38.8. The largest absolute Gasteiger partial charge is 0.418 e. The summed E-state index contributed by atoms with van der Waals surface area (Å²) in [5, 5.41) is 2.50. The van der Waals surface area contributed by atoms with Gasteiger partial charge in [0.25, 0.3) is 0 Å². The number of carbonyl (C=O) groups is 1. The average Bonchev–Trinajstić information content (AvgIpc) is 2.18. The Kier molecular flexibility index (Phi) is 3.95. The van der Waals surface area contributed by atoms with Crippen LogP contribution in [-0.2, 0) is 11.0 Å². The van der Waals surface area contributed by atoms with Crippen molar-refractivity contribution in [3.63, 3.8) is 0 Å². The van der Waals surface area contributed by atoms with E-state index in [2.05, 4.69) is 21.2 Å². The minimum Gasteiger partial charge on any atom is -0.371 e. The molecule has 100 valence electrons. The fourth-order valence-corrected chi connectivity index (χ4v) is 1.62.